The van der Waals surface area contributed by atoms with Crippen LogP contribution in [0.2, 0.25) is 0 Å². The number of benzene rings is 1. The van der Waals surface area contributed by atoms with Crippen molar-refractivity contribution in [2.45, 2.75) is 33.2 Å². The van der Waals surface area contributed by atoms with Crippen LogP contribution < -0.4 is 10.9 Å². The molecule has 0 saturated carbocycles. The number of carbonyl (C=O) groups excluding carboxylic acids is 1. The van der Waals surface area contributed by atoms with E-state index >= 15 is 0 Å². The highest BCUT2D eigenvalue weighted by molar-refractivity contribution is 7.11. The molecular formula is C20H21N3O2S. The Balaban J connectivity index is 1.68. The fraction of sp³-hybridized carbons (Fsp3) is 0.250. The van der Waals surface area contributed by atoms with Gasteiger partial charge in [-0.2, -0.15) is 0 Å². The molecule has 5 nitrogen and oxygen atoms in total. The van der Waals surface area contributed by atoms with Gasteiger partial charge in [0.25, 0.3) is 5.91 Å². The van der Waals surface area contributed by atoms with Crippen LogP contribution in [-0.2, 0) is 6.54 Å². The van der Waals surface area contributed by atoms with Crippen LogP contribution in [0.3, 0.4) is 0 Å². The zero-order chi connectivity index (χ0) is 18.7. The van der Waals surface area contributed by atoms with Crippen LogP contribution in [0.5, 0.6) is 0 Å². The highest BCUT2D eigenvalue weighted by Crippen LogP contribution is 2.24. The molecule has 0 bridgehead atoms. The third-order valence-corrected chi connectivity index (χ3v) is 5.50. The Morgan fingerprint density at radius 1 is 1.19 bits per heavy atom. The Kier molecular flexibility index (Phi) is 5.32. The summed E-state index contributed by atoms with van der Waals surface area (Å²) in [5.41, 5.74) is 3.00. The topological polar surface area (TPSA) is 74.8 Å². The van der Waals surface area contributed by atoms with E-state index in [9.17, 15) is 9.59 Å². The third-order valence-electron chi connectivity index (χ3n) is 4.04. The Hall–Kier alpha value is -2.73. The molecule has 0 unspecified atom stereocenters. The van der Waals surface area contributed by atoms with Crippen molar-refractivity contribution in [2.75, 3.05) is 0 Å². The summed E-state index contributed by atoms with van der Waals surface area (Å²) < 4.78 is 0. The molecule has 0 spiro atoms. The highest BCUT2D eigenvalue weighted by Gasteiger charge is 2.12. The summed E-state index contributed by atoms with van der Waals surface area (Å²) in [5.74, 6) is 0.261. The van der Waals surface area contributed by atoms with Gasteiger partial charge in [-0.1, -0.05) is 32.0 Å². The molecule has 6 heteroatoms. The standard InChI is InChI=1S/C20H21N3O2S/c1-12(2)20-22-13(3)17(26-20)11-21-19(25)15-9-7-14(8-10-15)16-5-4-6-18(24)23-16/h4-10,12H,11H2,1-3H3,(H,21,25)(H,23,24). The normalized spacial score (nSPS) is 10.9. The average molecular weight is 367 g/mol. The van der Waals surface area contributed by atoms with Crippen LogP contribution in [0.25, 0.3) is 11.3 Å². The minimum absolute atomic E-state index is 0.128. The van der Waals surface area contributed by atoms with E-state index in [0.29, 0.717) is 18.0 Å². The smallest absolute Gasteiger partial charge is 0.251 e. The molecule has 3 aromatic rings. The molecule has 1 amide bonds. The second-order valence-electron chi connectivity index (χ2n) is 6.40. The molecule has 134 valence electrons. The van der Waals surface area contributed by atoms with Crippen LogP contribution in [0.15, 0.2) is 47.3 Å². The van der Waals surface area contributed by atoms with Gasteiger partial charge in [-0.3, -0.25) is 9.59 Å². The van der Waals surface area contributed by atoms with Crippen molar-refractivity contribution in [1.29, 1.82) is 0 Å². The lowest BCUT2D eigenvalue weighted by Gasteiger charge is -2.06. The fourth-order valence-corrected chi connectivity index (χ4v) is 3.55. The Bertz CT molecular complexity index is 971. The first-order valence-corrected chi connectivity index (χ1v) is 9.30. The number of nitrogens with zero attached hydrogens (tertiary/aromatic N) is 1. The minimum Gasteiger partial charge on any atom is -0.347 e. The molecule has 0 radical (unpaired) electrons. The van der Waals surface area contributed by atoms with Gasteiger partial charge in [-0.25, -0.2) is 4.98 Å². The van der Waals surface area contributed by atoms with Gasteiger partial charge in [-0.15, -0.1) is 11.3 Å². The Morgan fingerprint density at radius 2 is 1.92 bits per heavy atom. The Labute approximate surface area is 156 Å². The van der Waals surface area contributed by atoms with Crippen molar-refractivity contribution in [1.82, 2.24) is 15.3 Å². The number of H-pyrrole nitrogens is 1. The molecule has 0 fully saturated rings. The number of nitrogens with one attached hydrogen (secondary N) is 2. The maximum Gasteiger partial charge on any atom is 0.251 e. The summed E-state index contributed by atoms with van der Waals surface area (Å²) in [7, 11) is 0. The van der Waals surface area contributed by atoms with E-state index in [1.807, 2.05) is 25.1 Å². The number of rotatable bonds is 5. The maximum absolute atomic E-state index is 12.4. The van der Waals surface area contributed by atoms with Gasteiger partial charge >= 0.3 is 0 Å². The monoisotopic (exact) mass is 367 g/mol. The number of hydrogen-bond acceptors (Lipinski definition) is 4. The number of hydrogen-bond donors (Lipinski definition) is 2. The van der Waals surface area contributed by atoms with Gasteiger partial charge in [0.05, 0.1) is 17.2 Å². The molecule has 0 aliphatic heterocycles. The summed E-state index contributed by atoms with van der Waals surface area (Å²) in [6.45, 7) is 6.67. The predicted octanol–water partition coefficient (Wildman–Crippen LogP) is 3.86. The van der Waals surface area contributed by atoms with Crippen molar-refractivity contribution in [3.63, 3.8) is 0 Å². The second kappa shape index (κ2) is 7.66. The number of thiazole rings is 1. The molecule has 0 saturated heterocycles. The van der Waals surface area contributed by atoms with Crippen molar-refractivity contribution in [2.24, 2.45) is 0 Å². The van der Waals surface area contributed by atoms with Crippen molar-refractivity contribution >= 4 is 17.2 Å². The van der Waals surface area contributed by atoms with Gasteiger partial charge in [0.1, 0.15) is 0 Å². The van der Waals surface area contributed by atoms with E-state index < -0.39 is 0 Å². The van der Waals surface area contributed by atoms with Crippen molar-refractivity contribution in [3.05, 3.63) is 74.0 Å². The minimum atomic E-state index is -0.148. The number of aromatic nitrogens is 2. The number of pyridine rings is 1. The van der Waals surface area contributed by atoms with Gasteiger partial charge in [-0.05, 0) is 30.7 Å². The van der Waals surface area contributed by atoms with Gasteiger partial charge < -0.3 is 10.3 Å². The summed E-state index contributed by atoms with van der Waals surface area (Å²) in [6.07, 6.45) is 0. The molecule has 26 heavy (non-hydrogen) atoms. The van der Waals surface area contributed by atoms with Crippen LogP contribution in [-0.4, -0.2) is 15.9 Å². The van der Waals surface area contributed by atoms with Crippen LogP contribution in [0.4, 0.5) is 0 Å². The zero-order valence-electron chi connectivity index (χ0n) is 15.0. The lowest BCUT2D eigenvalue weighted by Crippen LogP contribution is -2.22. The molecule has 2 N–H and O–H groups in total. The van der Waals surface area contributed by atoms with E-state index in [1.54, 1.807) is 29.5 Å². The third kappa shape index (κ3) is 4.08. The van der Waals surface area contributed by atoms with Crippen LogP contribution in [0.1, 0.15) is 45.7 Å². The second-order valence-corrected chi connectivity index (χ2v) is 7.52. The molecule has 2 heterocycles. The fourth-order valence-electron chi connectivity index (χ4n) is 2.54. The van der Waals surface area contributed by atoms with Gasteiger partial charge in [0.2, 0.25) is 5.56 Å². The quantitative estimate of drug-likeness (QED) is 0.719. The molecule has 2 aromatic heterocycles. The lowest BCUT2D eigenvalue weighted by atomic mass is 10.1. The van der Waals surface area contributed by atoms with Crippen molar-refractivity contribution < 1.29 is 4.79 Å². The van der Waals surface area contributed by atoms with E-state index in [0.717, 1.165) is 26.8 Å². The SMILES string of the molecule is Cc1nc(C(C)C)sc1CNC(=O)c1ccc(-c2cccc(=O)[nH]2)cc1. The summed E-state index contributed by atoms with van der Waals surface area (Å²) in [6, 6.07) is 12.2. The van der Waals surface area contributed by atoms with Crippen LogP contribution in [0, 0.1) is 6.92 Å². The number of amides is 1. The molecule has 0 aliphatic rings. The summed E-state index contributed by atoms with van der Waals surface area (Å²) in [5, 5.41) is 4.04. The number of aromatic amines is 1. The summed E-state index contributed by atoms with van der Waals surface area (Å²) in [4.78, 5) is 32.2. The first-order valence-electron chi connectivity index (χ1n) is 8.48. The zero-order valence-corrected chi connectivity index (χ0v) is 15.8. The predicted molar refractivity (Wildman–Crippen MR) is 105 cm³/mol. The van der Waals surface area contributed by atoms with Crippen LogP contribution >= 0.6 is 11.3 Å². The van der Waals surface area contributed by atoms with Crippen molar-refractivity contribution in [3.8, 4) is 11.3 Å². The average Bonchev–Trinajstić information content (AvgIpc) is 3.01. The lowest BCUT2D eigenvalue weighted by molar-refractivity contribution is 0.0951. The first kappa shape index (κ1) is 18.1. The van der Waals surface area contributed by atoms with Gasteiger partial charge in [0, 0.05) is 28.1 Å². The molecule has 1 aromatic carbocycles. The van der Waals surface area contributed by atoms with Gasteiger partial charge in [0.15, 0.2) is 0 Å². The number of carbonyl (C=O) groups is 1. The number of aryl methyl sites for hydroxylation is 1. The molecular weight excluding hydrogens is 346 g/mol. The molecule has 0 aliphatic carbocycles. The van der Waals surface area contributed by atoms with E-state index in [1.165, 1.54) is 6.07 Å². The molecule has 0 atom stereocenters. The van der Waals surface area contributed by atoms with E-state index in [4.69, 9.17) is 0 Å². The largest absolute Gasteiger partial charge is 0.347 e. The summed E-state index contributed by atoms with van der Waals surface area (Å²) >= 11 is 1.65. The van der Waals surface area contributed by atoms with E-state index in [2.05, 4.69) is 29.1 Å². The first-order chi connectivity index (χ1) is 12.4. The Morgan fingerprint density at radius 3 is 2.54 bits per heavy atom. The molecule has 3 rings (SSSR count). The maximum atomic E-state index is 12.4. The highest BCUT2D eigenvalue weighted by atomic mass is 32.1. The van der Waals surface area contributed by atoms with E-state index in [-0.39, 0.29) is 11.5 Å².